The fraction of sp³-hybridized carbons (Fsp3) is 0.519. The lowest BCUT2D eigenvalue weighted by atomic mass is 9.66. The molecule has 232 valence electrons. The highest BCUT2D eigenvalue weighted by Gasteiger charge is 2.45. The molecule has 3 aromatic rings. The molecule has 0 atom stereocenters. The molecule has 2 aromatic heterocycles. The fourth-order valence-corrected chi connectivity index (χ4v) is 6.45. The third kappa shape index (κ3) is 6.10. The number of carbonyl (C=O) groups excluding carboxylic acids is 2. The van der Waals surface area contributed by atoms with Gasteiger partial charge in [-0.3, -0.25) is 9.59 Å². The van der Waals surface area contributed by atoms with E-state index in [4.69, 9.17) is 16.3 Å². The fourth-order valence-electron chi connectivity index (χ4n) is 5.88. The first kappa shape index (κ1) is 31.2. The number of benzene rings is 1. The minimum absolute atomic E-state index is 0.0630. The van der Waals surface area contributed by atoms with E-state index < -0.39 is 57.8 Å². The van der Waals surface area contributed by atoms with Crippen LogP contribution in [0.4, 0.5) is 28.0 Å². The molecule has 1 N–H and O–H groups in total. The molecule has 0 saturated carbocycles. The number of amides is 2. The number of ether oxygens (including phenoxy) is 1. The van der Waals surface area contributed by atoms with Crippen LogP contribution in [0.15, 0.2) is 21.7 Å². The lowest BCUT2D eigenvalue weighted by molar-refractivity contribution is -0.137. The summed E-state index contributed by atoms with van der Waals surface area (Å²) in [4.78, 5) is 45.6. The highest BCUT2D eigenvalue weighted by Crippen LogP contribution is 2.44. The van der Waals surface area contributed by atoms with Crippen molar-refractivity contribution in [1.82, 2.24) is 24.1 Å². The van der Waals surface area contributed by atoms with E-state index in [1.165, 1.54) is 4.57 Å². The normalized spacial score (nSPS) is 16.8. The van der Waals surface area contributed by atoms with Crippen LogP contribution in [0, 0.1) is 5.82 Å². The standard InChI is InChI=1S/C27H28BrClF4N6O4/c1-25(2,3)43-24(42)37-9-7-26(8-10-37)6-4-5-17-19(26)21(41)39-23(35-22(28)36-39)38(17)13-18(40)34-20-15(29)11-14(12-16(20)30)27(31,32)33/h11-12H,4-10,13H2,1-3H3,(H,34,40). The zero-order valence-corrected chi connectivity index (χ0v) is 25.8. The van der Waals surface area contributed by atoms with Gasteiger partial charge in [0.25, 0.3) is 5.56 Å². The molecular formula is C27H28BrClF4N6O4. The van der Waals surface area contributed by atoms with Crippen molar-refractivity contribution in [3.63, 3.8) is 0 Å². The molecule has 3 heterocycles. The van der Waals surface area contributed by atoms with Crippen molar-refractivity contribution < 1.29 is 31.9 Å². The topological polar surface area (TPSA) is 111 Å². The zero-order chi connectivity index (χ0) is 31.5. The van der Waals surface area contributed by atoms with Crippen molar-refractivity contribution in [2.24, 2.45) is 0 Å². The molecule has 16 heteroatoms. The Bertz CT molecular complexity index is 1650. The number of aromatic nitrogens is 4. The predicted octanol–water partition coefficient (Wildman–Crippen LogP) is 5.71. The molecule has 2 amide bonds. The molecular weight excluding hydrogens is 664 g/mol. The average molecular weight is 692 g/mol. The minimum atomic E-state index is -4.83. The van der Waals surface area contributed by atoms with Gasteiger partial charge in [0.1, 0.15) is 18.0 Å². The smallest absolute Gasteiger partial charge is 0.416 e. The maximum atomic E-state index is 14.6. The van der Waals surface area contributed by atoms with Gasteiger partial charge in [-0.25, -0.2) is 9.18 Å². The summed E-state index contributed by atoms with van der Waals surface area (Å²) < 4.78 is 62.0. The highest BCUT2D eigenvalue weighted by atomic mass is 79.9. The summed E-state index contributed by atoms with van der Waals surface area (Å²) >= 11 is 9.10. The Morgan fingerprint density at radius 2 is 1.84 bits per heavy atom. The number of hydrogen-bond acceptors (Lipinski definition) is 6. The van der Waals surface area contributed by atoms with Crippen LogP contribution >= 0.6 is 27.5 Å². The van der Waals surface area contributed by atoms with E-state index in [2.05, 4.69) is 31.3 Å². The van der Waals surface area contributed by atoms with E-state index in [1.807, 2.05) is 0 Å². The molecule has 1 spiro atoms. The van der Waals surface area contributed by atoms with Gasteiger partial charge in [-0.15, -0.1) is 5.10 Å². The molecule has 1 fully saturated rings. The molecule has 1 aromatic carbocycles. The van der Waals surface area contributed by atoms with Crippen molar-refractivity contribution in [3.8, 4) is 0 Å². The number of hydrogen-bond donors (Lipinski definition) is 1. The van der Waals surface area contributed by atoms with E-state index in [-0.39, 0.29) is 22.1 Å². The molecule has 0 bridgehead atoms. The summed E-state index contributed by atoms with van der Waals surface area (Å²) in [5.41, 5.74) is -2.50. The van der Waals surface area contributed by atoms with Crippen molar-refractivity contribution >= 4 is 51.0 Å². The van der Waals surface area contributed by atoms with Crippen molar-refractivity contribution in [1.29, 1.82) is 0 Å². The second kappa shape index (κ2) is 11.1. The molecule has 5 rings (SSSR count). The molecule has 10 nitrogen and oxygen atoms in total. The maximum absolute atomic E-state index is 14.6. The van der Waals surface area contributed by atoms with Crippen molar-refractivity contribution in [2.45, 2.75) is 76.6 Å². The number of halogens is 6. The van der Waals surface area contributed by atoms with Crippen molar-refractivity contribution in [2.75, 3.05) is 18.4 Å². The first-order chi connectivity index (χ1) is 20.0. The van der Waals surface area contributed by atoms with Gasteiger partial charge in [0.2, 0.25) is 16.4 Å². The van der Waals surface area contributed by atoms with E-state index in [1.54, 1.807) is 25.7 Å². The Labute approximate surface area is 256 Å². The largest absolute Gasteiger partial charge is 0.444 e. The summed E-state index contributed by atoms with van der Waals surface area (Å²) in [6.07, 6.45) is -2.50. The lowest BCUT2D eigenvalue weighted by Gasteiger charge is -2.45. The van der Waals surface area contributed by atoms with Crippen molar-refractivity contribution in [3.05, 3.63) is 54.9 Å². The SMILES string of the molecule is CC(C)(C)OC(=O)N1CCC2(CCCc3c2c(=O)n2nc(Br)nc2n3CC(=O)Nc2c(F)cc(C(F)(F)F)cc2Cl)CC1. The molecule has 1 saturated heterocycles. The van der Waals surface area contributed by atoms with Crippen LogP contribution in [-0.4, -0.2) is 54.8 Å². The van der Waals surface area contributed by atoms with Crippen LogP contribution in [0.2, 0.25) is 5.02 Å². The Kier molecular flexibility index (Phi) is 8.03. The summed E-state index contributed by atoms with van der Waals surface area (Å²) in [6, 6.07) is 0.784. The van der Waals surface area contributed by atoms with Gasteiger partial charge < -0.3 is 19.5 Å². The first-order valence-corrected chi connectivity index (χ1v) is 14.7. The van der Waals surface area contributed by atoms with Crippen LogP contribution in [0.1, 0.15) is 63.3 Å². The molecule has 43 heavy (non-hydrogen) atoms. The zero-order valence-electron chi connectivity index (χ0n) is 23.4. The van der Waals surface area contributed by atoms with Crippen LogP contribution < -0.4 is 10.9 Å². The number of rotatable bonds is 3. The Morgan fingerprint density at radius 3 is 2.44 bits per heavy atom. The van der Waals surface area contributed by atoms with Gasteiger partial charge in [0, 0.05) is 29.8 Å². The number of fused-ring (bicyclic) bond motifs is 3. The van der Waals surface area contributed by atoms with Crippen LogP contribution in [0.25, 0.3) is 5.78 Å². The number of nitrogens with zero attached hydrogens (tertiary/aromatic N) is 5. The first-order valence-electron chi connectivity index (χ1n) is 13.5. The second-order valence-corrected chi connectivity index (χ2v) is 12.9. The highest BCUT2D eigenvalue weighted by molar-refractivity contribution is 9.10. The molecule has 1 aliphatic heterocycles. The maximum Gasteiger partial charge on any atom is 0.416 e. The van der Waals surface area contributed by atoms with Gasteiger partial charge >= 0.3 is 12.3 Å². The molecule has 2 aliphatic rings. The number of carbonyl (C=O) groups is 2. The van der Waals surface area contributed by atoms with Crippen LogP contribution in [0.3, 0.4) is 0 Å². The quantitative estimate of drug-likeness (QED) is 0.353. The van der Waals surface area contributed by atoms with E-state index in [0.717, 1.165) is 4.52 Å². The van der Waals surface area contributed by atoms with Gasteiger partial charge in [-0.1, -0.05) is 11.6 Å². The summed E-state index contributed by atoms with van der Waals surface area (Å²) in [5, 5.41) is 5.83. The summed E-state index contributed by atoms with van der Waals surface area (Å²) in [7, 11) is 0. The Hall–Kier alpha value is -3.20. The van der Waals surface area contributed by atoms with Gasteiger partial charge in [0.15, 0.2) is 0 Å². The van der Waals surface area contributed by atoms with Crippen LogP contribution in [-0.2, 0) is 34.1 Å². The lowest BCUT2D eigenvalue weighted by Crippen LogP contribution is -2.51. The van der Waals surface area contributed by atoms with Gasteiger partial charge in [0.05, 0.1) is 16.3 Å². The monoisotopic (exact) mass is 690 g/mol. The predicted molar refractivity (Wildman–Crippen MR) is 152 cm³/mol. The second-order valence-electron chi connectivity index (χ2n) is 11.8. The summed E-state index contributed by atoms with van der Waals surface area (Å²) in [5.74, 6) is -2.08. The number of anilines is 1. The molecule has 1 aliphatic carbocycles. The summed E-state index contributed by atoms with van der Waals surface area (Å²) in [6.45, 7) is 5.63. The molecule has 0 radical (unpaired) electrons. The Morgan fingerprint density at radius 1 is 1.16 bits per heavy atom. The van der Waals surface area contributed by atoms with Crippen LogP contribution in [0.5, 0.6) is 0 Å². The van der Waals surface area contributed by atoms with E-state index in [0.29, 0.717) is 62.5 Å². The average Bonchev–Trinajstić information content (AvgIpc) is 3.29. The van der Waals surface area contributed by atoms with Gasteiger partial charge in [-0.05, 0) is 80.9 Å². The number of likely N-dealkylation sites (tertiary alicyclic amines) is 1. The minimum Gasteiger partial charge on any atom is -0.444 e. The number of alkyl halides is 3. The third-order valence-electron chi connectivity index (χ3n) is 7.73. The van der Waals surface area contributed by atoms with Gasteiger partial charge in [-0.2, -0.15) is 22.7 Å². The number of nitrogens with one attached hydrogen (secondary N) is 1. The Balaban J connectivity index is 1.49. The third-order valence-corrected chi connectivity index (χ3v) is 8.37. The number of piperidine rings is 1. The molecule has 0 unspecified atom stereocenters. The van der Waals surface area contributed by atoms with E-state index >= 15 is 0 Å². The van der Waals surface area contributed by atoms with E-state index in [9.17, 15) is 31.9 Å².